The van der Waals surface area contributed by atoms with Gasteiger partial charge in [0.05, 0.1) is 31.8 Å². The lowest BCUT2D eigenvalue weighted by atomic mass is 9.57. The Morgan fingerprint density at radius 1 is 1.23 bits per heavy atom. The molecule has 0 N–H and O–H groups in total. The van der Waals surface area contributed by atoms with Crippen molar-refractivity contribution in [1.29, 1.82) is 0 Å². The molecule has 6 rings (SSSR count). The van der Waals surface area contributed by atoms with E-state index in [1.54, 1.807) is 6.33 Å². The molecule has 5 nitrogen and oxygen atoms in total. The maximum Gasteiger partial charge on any atom is 0.165 e. The van der Waals surface area contributed by atoms with Crippen LogP contribution >= 0.6 is 11.6 Å². The summed E-state index contributed by atoms with van der Waals surface area (Å²) >= 11 is 6.10. The van der Waals surface area contributed by atoms with Gasteiger partial charge in [0.1, 0.15) is 11.8 Å². The van der Waals surface area contributed by atoms with Crippen molar-refractivity contribution >= 4 is 22.8 Å². The van der Waals surface area contributed by atoms with Crippen LogP contribution in [0, 0.1) is 23.7 Å². The molecular formula is C15H16ClFN4O. The van der Waals surface area contributed by atoms with Crippen LogP contribution in [0.4, 0.5) is 4.39 Å². The van der Waals surface area contributed by atoms with E-state index in [1.807, 2.05) is 0 Å². The van der Waals surface area contributed by atoms with Gasteiger partial charge in [-0.3, -0.25) is 4.39 Å². The monoisotopic (exact) mass is 322 g/mol. The number of imidazole rings is 1. The van der Waals surface area contributed by atoms with Crippen molar-refractivity contribution in [2.75, 3.05) is 13.3 Å². The number of nitrogens with zero attached hydrogens (tertiary/aromatic N) is 4. The second-order valence-corrected chi connectivity index (χ2v) is 7.02. The van der Waals surface area contributed by atoms with Crippen molar-refractivity contribution < 1.29 is 9.13 Å². The maximum absolute atomic E-state index is 13.7. The molecule has 1 aliphatic heterocycles. The molecular weight excluding hydrogens is 307 g/mol. The topological polar surface area (TPSA) is 52.8 Å². The van der Waals surface area contributed by atoms with Crippen LogP contribution in [0.3, 0.4) is 0 Å². The maximum atomic E-state index is 13.7. The number of rotatable bonds is 2. The van der Waals surface area contributed by atoms with Gasteiger partial charge in [0, 0.05) is 0 Å². The van der Waals surface area contributed by atoms with Gasteiger partial charge < -0.3 is 9.30 Å². The number of ether oxygens (including phenoxy) is 1. The standard InChI is InChI=1S/C15H16ClFN4O/c16-14-11-15(19-5-18-14)21(6-20-11)12-7-1-2-8-10(9(7)3-17)4-22-13(8)12/h5-10,12-13H,1-4H2/t7-,8+,9+,10+,12-,13-/m1/s1. The van der Waals surface area contributed by atoms with Crippen molar-refractivity contribution in [2.45, 2.75) is 25.0 Å². The summed E-state index contributed by atoms with van der Waals surface area (Å²) < 4.78 is 21.8. The zero-order valence-electron chi connectivity index (χ0n) is 11.9. The third-order valence-corrected chi connectivity index (χ3v) is 6.25. The lowest BCUT2D eigenvalue weighted by Crippen LogP contribution is -2.51. The largest absolute Gasteiger partial charge is 0.375 e. The Balaban J connectivity index is 1.66. The van der Waals surface area contributed by atoms with E-state index in [4.69, 9.17) is 16.3 Å². The van der Waals surface area contributed by atoms with Crippen molar-refractivity contribution in [1.82, 2.24) is 19.5 Å². The van der Waals surface area contributed by atoms with E-state index in [0.29, 0.717) is 35.0 Å². The van der Waals surface area contributed by atoms with Crippen molar-refractivity contribution in [3.8, 4) is 0 Å². The molecule has 4 fully saturated rings. The highest BCUT2D eigenvalue weighted by atomic mass is 35.5. The van der Waals surface area contributed by atoms with Crippen molar-refractivity contribution in [3.63, 3.8) is 0 Å². The Hall–Kier alpha value is -1.27. The van der Waals surface area contributed by atoms with E-state index in [1.165, 1.54) is 6.33 Å². The first kappa shape index (κ1) is 13.2. The molecule has 22 heavy (non-hydrogen) atoms. The SMILES string of the molecule is FC[C@@H]1[C@H]2CO[C@@H]3[C@H]2CC[C@H]1[C@H]3n1cnc2c(Cl)ncnc21. The smallest absolute Gasteiger partial charge is 0.165 e. The highest BCUT2D eigenvalue weighted by molar-refractivity contribution is 6.33. The predicted molar refractivity (Wildman–Crippen MR) is 78.3 cm³/mol. The molecule has 0 unspecified atom stereocenters. The minimum atomic E-state index is -0.263. The minimum Gasteiger partial charge on any atom is -0.375 e. The molecule has 0 amide bonds. The van der Waals surface area contributed by atoms with Gasteiger partial charge in [-0.1, -0.05) is 11.6 Å². The summed E-state index contributed by atoms with van der Waals surface area (Å²) in [6, 6.07) is 0.106. The fourth-order valence-electron chi connectivity index (χ4n) is 5.10. The van der Waals surface area contributed by atoms with Gasteiger partial charge >= 0.3 is 0 Å². The first-order chi connectivity index (χ1) is 10.8. The van der Waals surface area contributed by atoms with Gasteiger partial charge in [0.25, 0.3) is 0 Å². The lowest BCUT2D eigenvalue weighted by Gasteiger charge is -2.50. The number of aromatic nitrogens is 4. The van der Waals surface area contributed by atoms with Crippen LogP contribution < -0.4 is 0 Å². The van der Waals surface area contributed by atoms with E-state index in [0.717, 1.165) is 18.5 Å². The molecule has 1 saturated heterocycles. The summed E-state index contributed by atoms with van der Waals surface area (Å²) in [6.07, 6.45) is 5.57. The van der Waals surface area contributed by atoms with Gasteiger partial charge in [-0.25, -0.2) is 15.0 Å². The Morgan fingerprint density at radius 2 is 2.09 bits per heavy atom. The zero-order chi connectivity index (χ0) is 14.8. The van der Waals surface area contributed by atoms with Crippen LogP contribution in [-0.2, 0) is 4.74 Å². The number of hydrogen-bond donors (Lipinski definition) is 0. The van der Waals surface area contributed by atoms with Gasteiger partial charge in [0.2, 0.25) is 0 Å². The highest BCUT2D eigenvalue weighted by Gasteiger charge is 2.59. The summed E-state index contributed by atoms with van der Waals surface area (Å²) in [5.74, 6) is 1.24. The Labute approximate surface area is 131 Å². The highest BCUT2D eigenvalue weighted by Crippen LogP contribution is 2.58. The number of hydrogen-bond acceptors (Lipinski definition) is 4. The van der Waals surface area contributed by atoms with Gasteiger partial charge in [0.15, 0.2) is 10.8 Å². The summed E-state index contributed by atoms with van der Waals surface area (Å²) in [4.78, 5) is 12.7. The van der Waals surface area contributed by atoms with Crippen LogP contribution in [0.2, 0.25) is 5.15 Å². The molecule has 6 atom stereocenters. The predicted octanol–water partition coefficient (Wildman–Crippen LogP) is 2.66. The molecule has 0 aromatic carbocycles. The fraction of sp³-hybridized carbons (Fsp3) is 0.667. The van der Waals surface area contributed by atoms with Crippen LogP contribution in [0.15, 0.2) is 12.7 Å². The molecule has 0 radical (unpaired) electrons. The van der Waals surface area contributed by atoms with Crippen LogP contribution in [0.1, 0.15) is 18.9 Å². The van der Waals surface area contributed by atoms with E-state index in [9.17, 15) is 4.39 Å². The first-order valence-corrected chi connectivity index (χ1v) is 8.18. The van der Waals surface area contributed by atoms with Crippen molar-refractivity contribution in [3.05, 3.63) is 17.8 Å². The lowest BCUT2D eigenvalue weighted by molar-refractivity contribution is -0.0508. The van der Waals surface area contributed by atoms with E-state index < -0.39 is 0 Å². The molecule has 3 heterocycles. The quantitative estimate of drug-likeness (QED) is 0.798. The number of fused-ring (bicyclic) bond motifs is 2. The Kier molecular flexibility index (Phi) is 2.77. The van der Waals surface area contributed by atoms with Crippen molar-refractivity contribution in [2.24, 2.45) is 23.7 Å². The summed E-state index contributed by atoms with van der Waals surface area (Å²) in [7, 11) is 0. The van der Waals surface area contributed by atoms with E-state index in [2.05, 4.69) is 19.5 Å². The molecule has 2 aromatic rings. The van der Waals surface area contributed by atoms with Gasteiger partial charge in [-0.15, -0.1) is 0 Å². The average Bonchev–Trinajstić information content (AvgIpc) is 3.13. The molecule has 4 aliphatic rings. The van der Waals surface area contributed by atoms with E-state index >= 15 is 0 Å². The molecule has 7 heteroatoms. The Morgan fingerprint density at radius 3 is 2.95 bits per heavy atom. The fourth-order valence-corrected chi connectivity index (χ4v) is 5.28. The normalized spacial score (nSPS) is 39.7. The van der Waals surface area contributed by atoms with Gasteiger partial charge in [-0.05, 0) is 36.5 Å². The molecule has 116 valence electrons. The van der Waals surface area contributed by atoms with Crippen LogP contribution in [0.25, 0.3) is 11.2 Å². The summed E-state index contributed by atoms with van der Waals surface area (Å²) in [5.41, 5.74) is 1.33. The second kappa shape index (κ2) is 4.61. The van der Waals surface area contributed by atoms with Crippen LogP contribution in [0.5, 0.6) is 0 Å². The zero-order valence-corrected chi connectivity index (χ0v) is 12.7. The third kappa shape index (κ3) is 1.55. The third-order valence-electron chi connectivity index (χ3n) is 5.98. The molecule has 3 saturated carbocycles. The van der Waals surface area contributed by atoms with Crippen LogP contribution in [-0.4, -0.2) is 38.9 Å². The second-order valence-electron chi connectivity index (χ2n) is 6.66. The van der Waals surface area contributed by atoms with E-state index in [-0.39, 0.29) is 24.7 Å². The molecule has 0 spiro atoms. The Bertz CT molecular complexity index is 737. The summed E-state index contributed by atoms with van der Waals surface area (Å²) in [6.45, 7) is 0.431. The summed E-state index contributed by atoms with van der Waals surface area (Å²) in [5, 5.41) is 0.358. The molecule has 2 aromatic heterocycles. The minimum absolute atomic E-state index is 0.0947. The first-order valence-electron chi connectivity index (χ1n) is 7.80. The molecule has 3 aliphatic carbocycles. The average molecular weight is 323 g/mol. The van der Waals surface area contributed by atoms with Gasteiger partial charge in [-0.2, -0.15) is 0 Å². The number of alkyl halides is 1. The number of halogens is 2. The molecule has 4 bridgehead atoms.